The molecule has 1 saturated heterocycles. The fourth-order valence-corrected chi connectivity index (χ4v) is 3.51. The number of hydrogen-bond acceptors (Lipinski definition) is 6. The van der Waals surface area contributed by atoms with Crippen molar-refractivity contribution in [3.05, 3.63) is 71.0 Å². The Morgan fingerprint density at radius 3 is 2.52 bits per heavy atom. The van der Waals surface area contributed by atoms with Crippen LogP contribution in [0.2, 0.25) is 0 Å². The lowest BCUT2D eigenvalue weighted by atomic mass is 9.95. The van der Waals surface area contributed by atoms with E-state index in [0.717, 1.165) is 12.1 Å². The van der Waals surface area contributed by atoms with Gasteiger partial charge in [0.15, 0.2) is 0 Å². The van der Waals surface area contributed by atoms with E-state index in [-0.39, 0.29) is 23.4 Å². The molecular weight excluding hydrogens is 405 g/mol. The minimum Gasteiger partial charge on any atom is -0.507 e. The maximum absolute atomic E-state index is 13.3. The first-order valence-corrected chi connectivity index (χ1v) is 9.65. The summed E-state index contributed by atoms with van der Waals surface area (Å²) in [7, 11) is 1.53. The predicted molar refractivity (Wildman–Crippen MR) is 110 cm³/mol. The van der Waals surface area contributed by atoms with E-state index in [4.69, 9.17) is 9.47 Å². The molecule has 1 aliphatic heterocycles. The van der Waals surface area contributed by atoms with Crippen molar-refractivity contribution in [2.24, 2.45) is 0 Å². The van der Waals surface area contributed by atoms with Gasteiger partial charge in [-0.2, -0.15) is 0 Å². The summed E-state index contributed by atoms with van der Waals surface area (Å²) in [4.78, 5) is 38.4. The van der Waals surface area contributed by atoms with E-state index in [1.54, 1.807) is 24.3 Å². The van der Waals surface area contributed by atoms with Gasteiger partial charge in [-0.15, -0.1) is 0 Å². The molecular formula is C23H22FNO6. The number of Topliss-reactive ketones (excluding diaryl/α,β-unsaturated/α-hetero) is 1. The molecule has 0 spiro atoms. The number of ether oxygens (including phenoxy) is 2. The first kappa shape index (κ1) is 22.2. The lowest BCUT2D eigenvalue weighted by Gasteiger charge is -2.25. The van der Waals surface area contributed by atoms with Crippen LogP contribution in [-0.2, 0) is 19.1 Å². The molecule has 1 aliphatic rings. The fraction of sp³-hybridized carbons (Fsp3) is 0.261. The number of amides is 1. The SMILES string of the molecule is COCCCN1C(=O)C(=O)/C(=C(\O)c2ccc(F)cc2)C1c1cccc(OC(C)=O)c1. The van der Waals surface area contributed by atoms with Crippen molar-refractivity contribution >= 4 is 23.4 Å². The van der Waals surface area contributed by atoms with Gasteiger partial charge in [-0.05, 0) is 48.4 Å². The second-order valence-corrected chi connectivity index (χ2v) is 7.01. The molecule has 31 heavy (non-hydrogen) atoms. The summed E-state index contributed by atoms with van der Waals surface area (Å²) in [6.07, 6.45) is 0.472. The number of benzene rings is 2. The molecule has 1 N–H and O–H groups in total. The summed E-state index contributed by atoms with van der Waals surface area (Å²) < 4.78 is 23.5. The Morgan fingerprint density at radius 2 is 1.87 bits per heavy atom. The monoisotopic (exact) mass is 427 g/mol. The predicted octanol–water partition coefficient (Wildman–Crippen LogP) is 3.21. The van der Waals surface area contributed by atoms with Crippen LogP contribution in [0.25, 0.3) is 5.76 Å². The van der Waals surface area contributed by atoms with Gasteiger partial charge in [-0.25, -0.2) is 4.39 Å². The van der Waals surface area contributed by atoms with Crippen LogP contribution in [-0.4, -0.2) is 47.9 Å². The van der Waals surface area contributed by atoms with Gasteiger partial charge in [0, 0.05) is 32.7 Å². The van der Waals surface area contributed by atoms with Crippen molar-refractivity contribution in [1.29, 1.82) is 0 Å². The average molecular weight is 427 g/mol. The van der Waals surface area contributed by atoms with Gasteiger partial charge in [0.2, 0.25) is 0 Å². The topological polar surface area (TPSA) is 93.1 Å². The highest BCUT2D eigenvalue weighted by atomic mass is 19.1. The van der Waals surface area contributed by atoms with Gasteiger partial charge in [0.05, 0.1) is 11.6 Å². The van der Waals surface area contributed by atoms with E-state index >= 15 is 0 Å². The van der Waals surface area contributed by atoms with Crippen LogP contribution >= 0.6 is 0 Å². The molecule has 1 unspecified atom stereocenters. The number of carbonyl (C=O) groups excluding carboxylic acids is 3. The standard InChI is InChI=1S/C23H22FNO6/c1-14(26)31-18-6-3-5-16(13-18)20-19(21(27)15-7-9-17(24)10-8-15)22(28)23(29)25(20)11-4-12-30-2/h3,5-10,13,20,27H,4,11-12H2,1-2H3/b21-19-. The maximum Gasteiger partial charge on any atom is 0.308 e. The molecule has 0 radical (unpaired) electrons. The third kappa shape index (κ3) is 4.80. The molecule has 1 heterocycles. The number of carbonyl (C=O) groups is 3. The maximum atomic E-state index is 13.3. The molecule has 3 rings (SSSR count). The van der Waals surface area contributed by atoms with E-state index < -0.39 is 35.3 Å². The Labute approximate surface area is 178 Å². The number of esters is 1. The molecule has 8 heteroatoms. The number of hydrogen-bond donors (Lipinski definition) is 1. The Morgan fingerprint density at radius 1 is 1.16 bits per heavy atom. The number of halogens is 1. The summed E-state index contributed by atoms with van der Waals surface area (Å²) in [6, 6.07) is 10.5. The number of nitrogens with zero attached hydrogens (tertiary/aromatic N) is 1. The van der Waals surface area contributed by atoms with Gasteiger partial charge < -0.3 is 19.5 Å². The van der Waals surface area contributed by atoms with Crippen molar-refractivity contribution in [3.8, 4) is 5.75 Å². The third-order valence-corrected chi connectivity index (χ3v) is 4.84. The third-order valence-electron chi connectivity index (χ3n) is 4.84. The molecule has 0 aromatic heterocycles. The lowest BCUT2D eigenvalue weighted by Crippen LogP contribution is -2.31. The first-order valence-electron chi connectivity index (χ1n) is 9.65. The minimum absolute atomic E-state index is 0.117. The Bertz CT molecular complexity index is 1030. The number of aliphatic hydroxyl groups is 1. The average Bonchev–Trinajstić information content (AvgIpc) is 2.99. The van der Waals surface area contributed by atoms with E-state index in [2.05, 4.69) is 0 Å². The summed E-state index contributed by atoms with van der Waals surface area (Å²) in [5.41, 5.74) is 0.575. The highest BCUT2D eigenvalue weighted by molar-refractivity contribution is 6.46. The van der Waals surface area contributed by atoms with Crippen LogP contribution in [0.4, 0.5) is 4.39 Å². The Kier molecular flexibility index (Phi) is 6.81. The number of likely N-dealkylation sites (tertiary alicyclic amines) is 1. The van der Waals surface area contributed by atoms with Crippen LogP contribution in [0.3, 0.4) is 0 Å². The van der Waals surface area contributed by atoms with Gasteiger partial charge in [0.25, 0.3) is 11.7 Å². The quantitative estimate of drug-likeness (QED) is 0.182. The summed E-state index contributed by atoms with van der Waals surface area (Å²) >= 11 is 0. The second-order valence-electron chi connectivity index (χ2n) is 7.01. The Hall–Kier alpha value is -3.52. The van der Waals surface area contributed by atoms with E-state index in [1.165, 1.54) is 31.1 Å². The van der Waals surface area contributed by atoms with E-state index in [9.17, 15) is 23.9 Å². The van der Waals surface area contributed by atoms with E-state index in [0.29, 0.717) is 18.6 Å². The molecule has 0 saturated carbocycles. The van der Waals surface area contributed by atoms with Crippen molar-refractivity contribution in [2.75, 3.05) is 20.3 Å². The van der Waals surface area contributed by atoms with Crippen LogP contribution in [0, 0.1) is 5.82 Å². The van der Waals surface area contributed by atoms with Gasteiger partial charge >= 0.3 is 5.97 Å². The number of aliphatic hydroxyl groups excluding tert-OH is 1. The molecule has 1 fully saturated rings. The summed E-state index contributed by atoms with van der Waals surface area (Å²) in [6.45, 7) is 1.85. The van der Waals surface area contributed by atoms with Crippen LogP contribution < -0.4 is 4.74 Å². The zero-order chi connectivity index (χ0) is 22.5. The Balaban J connectivity index is 2.12. The summed E-state index contributed by atoms with van der Waals surface area (Å²) in [5.74, 6) is -2.78. The zero-order valence-electron chi connectivity index (χ0n) is 17.1. The lowest BCUT2D eigenvalue weighted by molar-refractivity contribution is -0.140. The zero-order valence-corrected chi connectivity index (χ0v) is 17.1. The first-order chi connectivity index (χ1) is 14.8. The van der Waals surface area contributed by atoms with Crippen LogP contribution in [0.5, 0.6) is 5.75 Å². The molecule has 0 bridgehead atoms. The molecule has 2 aromatic rings. The smallest absolute Gasteiger partial charge is 0.308 e. The number of methoxy groups -OCH3 is 1. The molecule has 162 valence electrons. The normalized spacial score (nSPS) is 17.8. The van der Waals surface area contributed by atoms with Crippen molar-refractivity contribution in [3.63, 3.8) is 0 Å². The van der Waals surface area contributed by atoms with Crippen molar-refractivity contribution in [2.45, 2.75) is 19.4 Å². The molecule has 7 nitrogen and oxygen atoms in total. The van der Waals surface area contributed by atoms with Crippen LogP contribution in [0.15, 0.2) is 54.1 Å². The number of ketones is 1. The fourth-order valence-electron chi connectivity index (χ4n) is 3.51. The molecule has 2 aromatic carbocycles. The number of rotatable bonds is 7. The van der Waals surface area contributed by atoms with E-state index in [1.807, 2.05) is 0 Å². The van der Waals surface area contributed by atoms with Crippen molar-refractivity contribution in [1.82, 2.24) is 4.90 Å². The molecule has 1 amide bonds. The second kappa shape index (κ2) is 9.53. The molecule has 1 atom stereocenters. The highest BCUT2D eigenvalue weighted by Gasteiger charge is 2.45. The highest BCUT2D eigenvalue weighted by Crippen LogP contribution is 2.40. The van der Waals surface area contributed by atoms with Gasteiger partial charge in [0.1, 0.15) is 17.3 Å². The minimum atomic E-state index is -0.905. The van der Waals surface area contributed by atoms with Crippen LogP contribution in [0.1, 0.15) is 30.5 Å². The van der Waals surface area contributed by atoms with Gasteiger partial charge in [-0.1, -0.05) is 12.1 Å². The van der Waals surface area contributed by atoms with Crippen molar-refractivity contribution < 1.29 is 33.4 Å². The largest absolute Gasteiger partial charge is 0.507 e. The summed E-state index contributed by atoms with van der Waals surface area (Å²) in [5, 5.41) is 10.9. The van der Waals surface area contributed by atoms with Gasteiger partial charge in [-0.3, -0.25) is 14.4 Å². The molecule has 0 aliphatic carbocycles.